The first-order valence-corrected chi connectivity index (χ1v) is 8.48. The van der Waals surface area contributed by atoms with E-state index in [1.54, 1.807) is 39.9 Å². The molecule has 0 aliphatic carbocycles. The highest BCUT2D eigenvalue weighted by molar-refractivity contribution is 5.94. The largest absolute Gasteiger partial charge is 0.349 e. The predicted octanol–water partition coefficient (Wildman–Crippen LogP) is 2.51. The van der Waals surface area contributed by atoms with Gasteiger partial charge in [0.15, 0.2) is 0 Å². The fraction of sp³-hybridized carbons (Fsp3) is 0.368. The molecule has 1 aromatic carbocycles. The van der Waals surface area contributed by atoms with Crippen LogP contribution in [0.2, 0.25) is 0 Å². The zero-order valence-electron chi connectivity index (χ0n) is 14.8. The van der Waals surface area contributed by atoms with Crippen LogP contribution in [0.4, 0.5) is 8.78 Å². The van der Waals surface area contributed by atoms with Gasteiger partial charge in [-0.15, -0.1) is 0 Å². The number of nitrogens with zero attached hydrogens (tertiary/aromatic N) is 3. The van der Waals surface area contributed by atoms with Crippen molar-refractivity contribution in [2.24, 2.45) is 0 Å². The van der Waals surface area contributed by atoms with Crippen LogP contribution in [0.5, 0.6) is 0 Å². The molecule has 0 saturated carbocycles. The Bertz CT molecular complexity index is 814. The second-order valence-corrected chi connectivity index (χ2v) is 6.60. The summed E-state index contributed by atoms with van der Waals surface area (Å²) in [6.07, 6.45) is 3.97. The molecule has 2 aromatic rings. The Morgan fingerprint density at radius 3 is 2.58 bits per heavy atom. The van der Waals surface area contributed by atoms with Gasteiger partial charge in [0.25, 0.3) is 5.91 Å². The third kappa shape index (κ3) is 3.61. The number of aromatic nitrogens is 1. The van der Waals surface area contributed by atoms with Crippen LogP contribution >= 0.6 is 0 Å². The first-order chi connectivity index (χ1) is 12.4. The molecule has 2 amide bonds. The summed E-state index contributed by atoms with van der Waals surface area (Å²) < 4.78 is 29.1. The molecular weight excluding hydrogens is 340 g/mol. The number of hydrogen-bond donors (Lipinski definition) is 0. The molecule has 1 fully saturated rings. The summed E-state index contributed by atoms with van der Waals surface area (Å²) in [5, 5.41) is 0. The van der Waals surface area contributed by atoms with E-state index in [0.29, 0.717) is 18.7 Å². The lowest BCUT2D eigenvalue weighted by Gasteiger charge is -2.23. The van der Waals surface area contributed by atoms with Gasteiger partial charge in [0, 0.05) is 45.0 Å². The number of halogens is 2. The van der Waals surface area contributed by atoms with Gasteiger partial charge in [-0.2, -0.15) is 0 Å². The van der Waals surface area contributed by atoms with E-state index in [4.69, 9.17) is 0 Å². The molecule has 0 spiro atoms. The average Bonchev–Trinajstić information content (AvgIpc) is 3.26. The van der Waals surface area contributed by atoms with Crippen molar-refractivity contribution in [2.75, 3.05) is 20.1 Å². The first kappa shape index (κ1) is 18.1. The molecular formula is C19H21F2N3O2. The molecule has 2 heterocycles. The predicted molar refractivity (Wildman–Crippen MR) is 92.6 cm³/mol. The molecule has 0 unspecified atom stereocenters. The van der Waals surface area contributed by atoms with E-state index < -0.39 is 11.6 Å². The van der Waals surface area contributed by atoms with E-state index in [-0.39, 0.29) is 30.0 Å². The van der Waals surface area contributed by atoms with Crippen LogP contribution in [0.25, 0.3) is 0 Å². The Balaban J connectivity index is 1.68. The number of likely N-dealkylation sites (tertiary alicyclic amines) is 1. The van der Waals surface area contributed by atoms with Gasteiger partial charge < -0.3 is 14.4 Å². The third-order valence-corrected chi connectivity index (χ3v) is 4.89. The fourth-order valence-electron chi connectivity index (χ4n) is 3.21. The highest BCUT2D eigenvalue weighted by Crippen LogP contribution is 2.19. The van der Waals surface area contributed by atoms with E-state index >= 15 is 0 Å². The summed E-state index contributed by atoms with van der Waals surface area (Å²) in [5.74, 6) is -1.39. The van der Waals surface area contributed by atoms with E-state index in [9.17, 15) is 18.4 Å². The average molecular weight is 361 g/mol. The quantitative estimate of drug-likeness (QED) is 0.840. The Labute approximate surface area is 150 Å². The van der Waals surface area contributed by atoms with Gasteiger partial charge in [-0.25, -0.2) is 8.78 Å². The number of rotatable bonds is 4. The van der Waals surface area contributed by atoms with Gasteiger partial charge in [-0.05, 0) is 24.6 Å². The molecule has 1 aliphatic rings. The molecule has 1 aromatic heterocycles. The van der Waals surface area contributed by atoms with Crippen LogP contribution in [-0.4, -0.2) is 52.4 Å². The van der Waals surface area contributed by atoms with Crippen LogP contribution in [0.1, 0.15) is 29.3 Å². The highest BCUT2D eigenvalue weighted by atomic mass is 19.1. The van der Waals surface area contributed by atoms with Gasteiger partial charge in [-0.1, -0.05) is 6.07 Å². The maximum atomic E-state index is 13.8. The molecule has 3 rings (SSSR count). The molecule has 1 saturated heterocycles. The van der Waals surface area contributed by atoms with Crippen molar-refractivity contribution < 1.29 is 18.4 Å². The summed E-state index contributed by atoms with van der Waals surface area (Å²) >= 11 is 0. The summed E-state index contributed by atoms with van der Waals surface area (Å²) in [5.41, 5.74) is 0.430. The zero-order chi connectivity index (χ0) is 18.8. The van der Waals surface area contributed by atoms with Crippen LogP contribution in [-0.2, 0) is 11.3 Å². The SMILES string of the molecule is CC(=O)N(C)[C@@H]1CCN(C(=O)c2ccn(Cc3c(F)cccc3F)c2)C1. The number of carbonyl (C=O) groups is 2. The number of hydrogen-bond acceptors (Lipinski definition) is 2. The smallest absolute Gasteiger partial charge is 0.255 e. The van der Waals surface area contributed by atoms with Gasteiger partial charge in [0.2, 0.25) is 5.91 Å². The van der Waals surface area contributed by atoms with Crippen molar-refractivity contribution in [1.29, 1.82) is 0 Å². The van der Waals surface area contributed by atoms with Crippen LogP contribution in [0, 0.1) is 11.6 Å². The molecule has 26 heavy (non-hydrogen) atoms. The molecule has 0 N–H and O–H groups in total. The number of likely N-dealkylation sites (N-methyl/N-ethyl adjacent to an activating group) is 1. The summed E-state index contributed by atoms with van der Waals surface area (Å²) in [6, 6.07) is 5.41. The van der Waals surface area contributed by atoms with E-state index in [1.807, 2.05) is 0 Å². The van der Waals surface area contributed by atoms with Crippen LogP contribution in [0.15, 0.2) is 36.7 Å². The van der Waals surface area contributed by atoms with Crippen molar-refractivity contribution in [3.8, 4) is 0 Å². The van der Waals surface area contributed by atoms with Crippen LogP contribution in [0.3, 0.4) is 0 Å². The molecule has 1 atom stereocenters. The lowest BCUT2D eigenvalue weighted by molar-refractivity contribution is -0.129. The number of benzene rings is 1. The van der Waals surface area contributed by atoms with Crippen LogP contribution < -0.4 is 0 Å². The van der Waals surface area contributed by atoms with Crippen molar-refractivity contribution in [3.05, 3.63) is 59.4 Å². The first-order valence-electron chi connectivity index (χ1n) is 8.48. The molecule has 1 aliphatic heterocycles. The minimum Gasteiger partial charge on any atom is -0.349 e. The van der Waals surface area contributed by atoms with Gasteiger partial charge >= 0.3 is 0 Å². The maximum absolute atomic E-state index is 13.8. The van der Waals surface area contributed by atoms with Gasteiger partial charge in [-0.3, -0.25) is 9.59 Å². The molecule has 7 heteroatoms. The minimum absolute atomic E-state index is 0.0154. The lowest BCUT2D eigenvalue weighted by Crippen LogP contribution is -2.38. The summed E-state index contributed by atoms with van der Waals surface area (Å²) in [4.78, 5) is 27.5. The number of amides is 2. The van der Waals surface area contributed by atoms with Crippen molar-refractivity contribution >= 4 is 11.8 Å². The summed E-state index contributed by atoms with van der Waals surface area (Å²) in [7, 11) is 1.74. The second kappa shape index (κ2) is 7.27. The van der Waals surface area contributed by atoms with E-state index in [0.717, 1.165) is 6.42 Å². The van der Waals surface area contributed by atoms with Gasteiger partial charge in [0.1, 0.15) is 11.6 Å². The van der Waals surface area contributed by atoms with Crippen molar-refractivity contribution in [1.82, 2.24) is 14.4 Å². The Morgan fingerprint density at radius 1 is 1.23 bits per heavy atom. The van der Waals surface area contributed by atoms with E-state index in [2.05, 4.69) is 0 Å². The standard InChI is InChI=1S/C19H21F2N3O2/c1-13(25)22(2)15-7-9-24(11-15)19(26)14-6-8-23(10-14)12-16-17(20)4-3-5-18(16)21/h3-6,8,10,15H,7,9,11-12H2,1-2H3/t15-/m1/s1. The maximum Gasteiger partial charge on any atom is 0.255 e. The molecule has 0 radical (unpaired) electrons. The molecule has 138 valence electrons. The highest BCUT2D eigenvalue weighted by Gasteiger charge is 2.30. The topological polar surface area (TPSA) is 45.6 Å². The molecule has 5 nitrogen and oxygen atoms in total. The van der Waals surface area contributed by atoms with E-state index in [1.165, 1.54) is 25.1 Å². The summed E-state index contributed by atoms with van der Waals surface area (Å²) in [6.45, 7) is 2.59. The second-order valence-electron chi connectivity index (χ2n) is 6.60. The molecule has 0 bridgehead atoms. The minimum atomic E-state index is -0.610. The fourth-order valence-corrected chi connectivity index (χ4v) is 3.21. The Kier molecular flexibility index (Phi) is 5.06. The Hall–Kier alpha value is -2.70. The zero-order valence-corrected chi connectivity index (χ0v) is 14.8. The Morgan fingerprint density at radius 2 is 1.92 bits per heavy atom. The van der Waals surface area contributed by atoms with Crippen molar-refractivity contribution in [3.63, 3.8) is 0 Å². The lowest BCUT2D eigenvalue weighted by atomic mass is 10.2. The third-order valence-electron chi connectivity index (χ3n) is 4.89. The monoisotopic (exact) mass is 361 g/mol. The normalized spacial score (nSPS) is 16.8. The van der Waals surface area contributed by atoms with Crippen molar-refractivity contribution in [2.45, 2.75) is 25.9 Å². The number of carbonyl (C=O) groups excluding carboxylic acids is 2. The van der Waals surface area contributed by atoms with Gasteiger partial charge in [0.05, 0.1) is 18.2 Å².